The fourth-order valence-electron chi connectivity index (χ4n) is 3.80. The van der Waals surface area contributed by atoms with Crippen LogP contribution in [0.4, 0.5) is 0 Å². The summed E-state index contributed by atoms with van der Waals surface area (Å²) in [7, 11) is 3.65. The molecule has 1 aromatic heterocycles. The predicted molar refractivity (Wildman–Crippen MR) is 114 cm³/mol. The molecule has 7 nitrogen and oxygen atoms in total. The number of pyridine rings is 1. The molecule has 7 heteroatoms. The highest BCUT2D eigenvalue weighted by Gasteiger charge is 2.41. The quantitative estimate of drug-likeness (QED) is 0.384. The first-order valence-corrected chi connectivity index (χ1v) is 10.4. The lowest BCUT2D eigenvalue weighted by molar-refractivity contribution is -0.138. The third-order valence-electron chi connectivity index (χ3n) is 5.32. The Morgan fingerprint density at radius 2 is 1.96 bits per heavy atom. The van der Waals surface area contributed by atoms with E-state index in [1.807, 2.05) is 33.3 Å². The summed E-state index contributed by atoms with van der Waals surface area (Å²) in [5.74, 6) is 0.954. The third kappa shape index (κ3) is 6.11. The Morgan fingerprint density at radius 3 is 2.61 bits per heavy atom. The maximum atomic E-state index is 12.7. The first-order valence-electron chi connectivity index (χ1n) is 10.4. The normalized spacial score (nSPS) is 16.0. The first kappa shape index (κ1) is 22.0. The van der Waals surface area contributed by atoms with Crippen molar-refractivity contribution < 1.29 is 4.79 Å². The maximum absolute atomic E-state index is 12.7. The number of nitrogens with one attached hydrogen (secondary N) is 2. The molecule has 1 heterocycles. The monoisotopic (exact) mass is 389 g/mol. The van der Waals surface area contributed by atoms with Crippen molar-refractivity contribution >= 4 is 11.9 Å². The zero-order valence-electron chi connectivity index (χ0n) is 17.5. The lowest BCUT2D eigenvalue weighted by atomic mass is 9.85. The molecule has 0 unspecified atom stereocenters. The van der Waals surface area contributed by atoms with Crippen LogP contribution < -0.4 is 16.2 Å². The largest absolute Gasteiger partial charge is 0.357 e. The molecule has 1 aromatic rings. The Labute approximate surface area is 168 Å². The minimum Gasteiger partial charge on any atom is -0.357 e. The van der Waals surface area contributed by atoms with Gasteiger partial charge >= 0.3 is 0 Å². The minimum absolute atomic E-state index is 0.0396. The van der Waals surface area contributed by atoms with Crippen LogP contribution in [0.5, 0.6) is 0 Å². The number of aromatic nitrogens is 1. The van der Waals surface area contributed by atoms with Gasteiger partial charge in [0.25, 0.3) is 0 Å². The molecule has 0 saturated heterocycles. The summed E-state index contributed by atoms with van der Waals surface area (Å²) >= 11 is 0. The van der Waals surface area contributed by atoms with E-state index >= 15 is 0 Å². The Bertz CT molecular complexity index is 705. The van der Waals surface area contributed by atoms with E-state index in [-0.39, 0.29) is 16.9 Å². The zero-order chi connectivity index (χ0) is 20.4. The van der Waals surface area contributed by atoms with Gasteiger partial charge in [-0.15, -0.1) is 0 Å². The second kappa shape index (κ2) is 10.9. The molecule has 156 valence electrons. The van der Waals surface area contributed by atoms with Crippen molar-refractivity contribution in [2.24, 2.45) is 10.4 Å². The molecular formula is C21H35N5O2. The fraction of sp³-hybridized carbons (Fsp3) is 0.667. The Hall–Kier alpha value is -2.31. The molecule has 1 fully saturated rings. The number of hydrogen-bond acceptors (Lipinski definition) is 3. The van der Waals surface area contributed by atoms with E-state index in [9.17, 15) is 9.59 Å². The van der Waals surface area contributed by atoms with Crippen molar-refractivity contribution in [2.45, 2.75) is 52.0 Å². The van der Waals surface area contributed by atoms with E-state index in [2.05, 4.69) is 10.6 Å². The zero-order valence-corrected chi connectivity index (χ0v) is 17.5. The molecule has 28 heavy (non-hydrogen) atoms. The van der Waals surface area contributed by atoms with Gasteiger partial charge in [0.2, 0.25) is 11.5 Å². The average molecular weight is 390 g/mol. The van der Waals surface area contributed by atoms with Crippen molar-refractivity contribution in [3.8, 4) is 0 Å². The van der Waals surface area contributed by atoms with E-state index in [0.29, 0.717) is 6.54 Å². The van der Waals surface area contributed by atoms with Crippen LogP contribution in [0.1, 0.15) is 45.4 Å². The Morgan fingerprint density at radius 1 is 1.21 bits per heavy atom. The van der Waals surface area contributed by atoms with Crippen molar-refractivity contribution in [3.63, 3.8) is 0 Å². The summed E-state index contributed by atoms with van der Waals surface area (Å²) < 4.78 is 1.73. The van der Waals surface area contributed by atoms with Gasteiger partial charge in [-0.25, -0.2) is 0 Å². The lowest BCUT2D eigenvalue weighted by Gasteiger charge is -2.29. The number of aryl methyl sites for hydroxylation is 1. The van der Waals surface area contributed by atoms with Crippen molar-refractivity contribution in [1.82, 2.24) is 20.1 Å². The van der Waals surface area contributed by atoms with E-state index in [1.54, 1.807) is 21.6 Å². The van der Waals surface area contributed by atoms with Crippen LogP contribution in [0.3, 0.4) is 0 Å². The molecule has 0 aliphatic heterocycles. The molecule has 0 spiro atoms. The highest BCUT2D eigenvalue weighted by atomic mass is 16.2. The number of rotatable bonds is 9. The summed E-state index contributed by atoms with van der Waals surface area (Å²) in [5.41, 5.74) is -0.307. The molecule has 1 aliphatic rings. The van der Waals surface area contributed by atoms with E-state index < -0.39 is 0 Å². The van der Waals surface area contributed by atoms with Crippen molar-refractivity contribution in [2.75, 3.05) is 33.7 Å². The van der Waals surface area contributed by atoms with Crippen LogP contribution in [-0.4, -0.2) is 55.1 Å². The lowest BCUT2D eigenvalue weighted by Crippen LogP contribution is -2.43. The number of guanidine groups is 1. The van der Waals surface area contributed by atoms with E-state index in [0.717, 1.165) is 64.1 Å². The summed E-state index contributed by atoms with van der Waals surface area (Å²) in [6.07, 6.45) is 7.70. The van der Waals surface area contributed by atoms with Crippen molar-refractivity contribution in [3.05, 3.63) is 34.7 Å². The first-order chi connectivity index (χ1) is 13.5. The molecule has 0 bridgehead atoms. The van der Waals surface area contributed by atoms with Gasteiger partial charge < -0.3 is 20.1 Å². The van der Waals surface area contributed by atoms with Crippen LogP contribution in [0.15, 0.2) is 34.2 Å². The van der Waals surface area contributed by atoms with Crippen LogP contribution in [-0.2, 0) is 11.3 Å². The highest BCUT2D eigenvalue weighted by molar-refractivity contribution is 5.84. The molecule has 1 saturated carbocycles. The summed E-state index contributed by atoms with van der Waals surface area (Å²) in [6, 6.07) is 5.23. The van der Waals surface area contributed by atoms with Crippen molar-refractivity contribution in [1.29, 1.82) is 0 Å². The van der Waals surface area contributed by atoms with Crippen LogP contribution >= 0.6 is 0 Å². The Balaban J connectivity index is 1.85. The topological polar surface area (TPSA) is 78.7 Å². The summed E-state index contributed by atoms with van der Waals surface area (Å²) in [5, 5.41) is 6.63. The smallest absolute Gasteiger partial charge is 0.250 e. The second-order valence-electron chi connectivity index (χ2n) is 7.75. The second-order valence-corrected chi connectivity index (χ2v) is 7.75. The molecule has 0 atom stereocenters. The molecule has 0 radical (unpaired) electrons. The van der Waals surface area contributed by atoms with E-state index in [4.69, 9.17) is 4.99 Å². The number of carbonyl (C=O) groups is 1. The van der Waals surface area contributed by atoms with Crippen LogP contribution in [0.2, 0.25) is 0 Å². The minimum atomic E-state index is -0.347. The number of nitrogens with zero attached hydrogens (tertiary/aromatic N) is 3. The number of amides is 1. The van der Waals surface area contributed by atoms with Gasteiger partial charge in [0.15, 0.2) is 5.96 Å². The van der Waals surface area contributed by atoms with Crippen LogP contribution in [0.25, 0.3) is 0 Å². The Kier molecular flexibility index (Phi) is 8.54. The predicted octanol–water partition coefficient (Wildman–Crippen LogP) is 1.83. The van der Waals surface area contributed by atoms with Gasteiger partial charge in [-0.2, -0.15) is 0 Å². The molecule has 2 rings (SSSR count). The number of carbonyl (C=O) groups excluding carboxylic acids is 1. The van der Waals surface area contributed by atoms with Gasteiger partial charge in [-0.1, -0.05) is 18.9 Å². The molecule has 1 amide bonds. The van der Waals surface area contributed by atoms with E-state index in [1.165, 1.54) is 0 Å². The molecular weight excluding hydrogens is 354 g/mol. The molecule has 1 aliphatic carbocycles. The third-order valence-corrected chi connectivity index (χ3v) is 5.32. The fourth-order valence-corrected chi connectivity index (χ4v) is 3.80. The molecule has 0 aromatic carbocycles. The standard InChI is InChI=1S/C21H35N5O2/c1-4-22-20(23-14-8-10-16-26-15-9-5-11-18(26)27)24-17-21(12-6-7-13-21)19(28)25(2)3/h5,9,11,15H,4,6-8,10,12-14,16-17H2,1-3H3,(H2,22,23,24). The van der Waals surface area contributed by atoms with Gasteiger partial charge in [0.1, 0.15) is 0 Å². The summed E-state index contributed by atoms with van der Waals surface area (Å²) in [6.45, 7) is 4.84. The van der Waals surface area contributed by atoms with Gasteiger partial charge in [-0.3, -0.25) is 14.6 Å². The number of aliphatic imine (C=N–C) groups is 1. The van der Waals surface area contributed by atoms with Gasteiger partial charge in [0, 0.05) is 46.0 Å². The average Bonchev–Trinajstić information content (AvgIpc) is 3.16. The highest BCUT2D eigenvalue weighted by Crippen LogP contribution is 2.39. The molecule has 2 N–H and O–H groups in total. The SMILES string of the molecule is CCNC(=NCC1(C(=O)N(C)C)CCCC1)NCCCCn1ccccc1=O. The number of hydrogen-bond donors (Lipinski definition) is 2. The van der Waals surface area contributed by atoms with Gasteiger partial charge in [0.05, 0.1) is 12.0 Å². The van der Waals surface area contributed by atoms with Crippen LogP contribution in [0, 0.1) is 5.41 Å². The van der Waals surface area contributed by atoms with Gasteiger partial charge in [-0.05, 0) is 38.7 Å². The maximum Gasteiger partial charge on any atom is 0.250 e. The summed E-state index contributed by atoms with van der Waals surface area (Å²) in [4.78, 5) is 30.8. The number of unbranched alkanes of at least 4 members (excludes halogenated alkanes) is 1.